The number of piperidine rings is 1. The molecule has 2 heterocycles. The van der Waals surface area contributed by atoms with Crippen molar-refractivity contribution in [2.45, 2.75) is 45.3 Å². The molecule has 0 radical (unpaired) electrons. The van der Waals surface area contributed by atoms with Crippen molar-refractivity contribution in [3.05, 3.63) is 83.1 Å². The van der Waals surface area contributed by atoms with Crippen molar-refractivity contribution >= 4 is 17.8 Å². The van der Waals surface area contributed by atoms with Crippen molar-refractivity contribution < 1.29 is 19.1 Å². The summed E-state index contributed by atoms with van der Waals surface area (Å²) in [5.74, 6) is 7.09. The number of halogens is 1. The maximum absolute atomic E-state index is 11.9. The lowest BCUT2D eigenvalue weighted by Gasteiger charge is -2.35. The largest absolute Gasteiger partial charge is 0.528 e. The molecule has 1 fully saturated rings. The number of hydrogen-bond donors (Lipinski definition) is 0. The molecule has 40 heavy (non-hydrogen) atoms. The van der Waals surface area contributed by atoms with Gasteiger partial charge in [-0.1, -0.05) is 35.7 Å². The molecule has 0 atom stereocenters. The van der Waals surface area contributed by atoms with Gasteiger partial charge < -0.3 is 14.3 Å². The number of aromatic nitrogens is 1. The van der Waals surface area contributed by atoms with Crippen molar-refractivity contribution in [3.63, 3.8) is 0 Å². The number of pyridine rings is 1. The van der Waals surface area contributed by atoms with Gasteiger partial charge in [-0.3, -0.25) is 4.90 Å². The molecule has 210 valence electrons. The Morgan fingerprint density at radius 2 is 1.68 bits per heavy atom. The molecule has 0 spiro atoms. The predicted molar refractivity (Wildman–Crippen MR) is 157 cm³/mol. The molecule has 1 aliphatic heterocycles. The highest BCUT2D eigenvalue weighted by atomic mass is 35.5. The lowest BCUT2D eigenvalue weighted by molar-refractivity contribution is -0.156. The highest BCUT2D eigenvalue weighted by Crippen LogP contribution is 2.21. The summed E-state index contributed by atoms with van der Waals surface area (Å²) in [5.41, 5.74) is 3.13. The molecule has 4 rings (SSSR count). The number of hydroxylamine groups is 2. The Morgan fingerprint density at radius 1 is 1.00 bits per heavy atom. The zero-order valence-corrected chi connectivity index (χ0v) is 24.3. The summed E-state index contributed by atoms with van der Waals surface area (Å²) >= 11 is 5.97. The average molecular weight is 562 g/mol. The van der Waals surface area contributed by atoms with Gasteiger partial charge in [0.05, 0.1) is 0 Å². The molecule has 1 aliphatic rings. The van der Waals surface area contributed by atoms with Gasteiger partial charge in [0.25, 0.3) is 0 Å². The average Bonchev–Trinajstić information content (AvgIpc) is 2.93. The zero-order valence-electron chi connectivity index (χ0n) is 23.5. The van der Waals surface area contributed by atoms with Gasteiger partial charge in [-0.2, -0.15) is 0 Å². The molecular weight excluding hydrogens is 526 g/mol. The van der Waals surface area contributed by atoms with Crippen molar-refractivity contribution in [3.8, 4) is 28.7 Å². The lowest BCUT2D eigenvalue weighted by Crippen LogP contribution is -2.45. The molecule has 3 aromatic rings. The molecule has 0 bridgehead atoms. The Labute approximate surface area is 242 Å². The van der Waals surface area contributed by atoms with Crippen molar-refractivity contribution in [2.24, 2.45) is 0 Å². The van der Waals surface area contributed by atoms with E-state index in [4.69, 9.17) is 25.9 Å². The molecule has 0 saturated carbocycles. The van der Waals surface area contributed by atoms with E-state index in [1.807, 2.05) is 87.6 Å². The molecular formula is C32H36ClN3O4. The van der Waals surface area contributed by atoms with Crippen molar-refractivity contribution in [1.82, 2.24) is 14.9 Å². The van der Waals surface area contributed by atoms with Gasteiger partial charge in [0.1, 0.15) is 23.7 Å². The fraction of sp³-hybridized carbons (Fsp3) is 0.375. The Balaban J connectivity index is 1.17. The van der Waals surface area contributed by atoms with E-state index in [9.17, 15) is 4.79 Å². The van der Waals surface area contributed by atoms with E-state index in [2.05, 4.69) is 28.8 Å². The van der Waals surface area contributed by atoms with Gasteiger partial charge in [0.2, 0.25) is 0 Å². The van der Waals surface area contributed by atoms with Crippen LogP contribution in [0, 0.1) is 11.8 Å². The molecule has 0 N–H and O–H groups in total. The zero-order chi connectivity index (χ0) is 28.5. The van der Waals surface area contributed by atoms with Gasteiger partial charge in [0, 0.05) is 48.0 Å². The molecule has 0 unspecified atom stereocenters. The van der Waals surface area contributed by atoms with Crippen LogP contribution in [0.5, 0.6) is 5.75 Å². The van der Waals surface area contributed by atoms with Gasteiger partial charge in [0.15, 0.2) is 0 Å². The molecule has 1 saturated heterocycles. The van der Waals surface area contributed by atoms with Crippen molar-refractivity contribution in [2.75, 3.05) is 33.3 Å². The van der Waals surface area contributed by atoms with Crippen LogP contribution in [0.3, 0.4) is 0 Å². The molecule has 8 heteroatoms. The third kappa shape index (κ3) is 9.27. The molecule has 0 amide bonds. The van der Waals surface area contributed by atoms with E-state index in [0.29, 0.717) is 36.5 Å². The van der Waals surface area contributed by atoms with Gasteiger partial charge in [-0.25, -0.2) is 9.78 Å². The third-order valence-corrected chi connectivity index (χ3v) is 6.73. The monoisotopic (exact) mass is 561 g/mol. The lowest BCUT2D eigenvalue weighted by atomic mass is 10.1. The first-order chi connectivity index (χ1) is 19.1. The summed E-state index contributed by atoms with van der Waals surface area (Å²) in [6.45, 7) is 8.21. The van der Waals surface area contributed by atoms with Gasteiger partial charge in [-0.15, -0.1) is 5.06 Å². The minimum atomic E-state index is -0.648. The van der Waals surface area contributed by atoms with Crippen LogP contribution in [-0.4, -0.2) is 66.0 Å². The number of rotatable bonds is 7. The normalized spacial score (nSPS) is 14.3. The van der Waals surface area contributed by atoms with Crippen molar-refractivity contribution in [1.29, 1.82) is 0 Å². The van der Waals surface area contributed by atoms with E-state index >= 15 is 0 Å². The van der Waals surface area contributed by atoms with Crippen LogP contribution in [0.25, 0.3) is 11.1 Å². The first kappa shape index (κ1) is 29.4. The SMILES string of the molecule is CN(CCOc1ccc(C#Cc2ccc(-c3ccc(Cl)cc3)cn2)cc1)C1CCN(OC(=O)OC(C)(C)C)CC1. The maximum Gasteiger partial charge on any atom is 0.528 e. The number of carbonyl (C=O) groups excluding carboxylic acids is 1. The van der Waals surface area contributed by atoms with Crippen LogP contribution in [-0.2, 0) is 9.57 Å². The summed E-state index contributed by atoms with van der Waals surface area (Å²) in [6, 6.07) is 19.8. The highest BCUT2D eigenvalue weighted by molar-refractivity contribution is 6.30. The van der Waals surface area contributed by atoms with Gasteiger partial charge in [-0.05, 0) is 94.6 Å². The van der Waals surface area contributed by atoms with Crippen LogP contribution < -0.4 is 4.74 Å². The van der Waals surface area contributed by atoms with Crippen LogP contribution in [0.4, 0.5) is 4.79 Å². The minimum Gasteiger partial charge on any atom is -0.492 e. The summed E-state index contributed by atoms with van der Waals surface area (Å²) in [6.07, 6.45) is 2.99. The van der Waals surface area contributed by atoms with Crippen LogP contribution in [0.15, 0.2) is 66.9 Å². The smallest absolute Gasteiger partial charge is 0.492 e. The standard InChI is InChI=1S/C32H36ClN3O4/c1-32(2,3)39-31(37)40-36-19-17-29(18-20-36)35(4)21-22-38-30-15-6-24(7-16-30)5-13-28-14-10-26(23-34-28)25-8-11-27(33)12-9-25/h6-12,14-16,23,29H,17-22H2,1-4H3. The van der Waals surface area contributed by atoms with Crippen LogP contribution >= 0.6 is 11.6 Å². The second-order valence-corrected chi connectivity index (χ2v) is 11.2. The number of likely N-dealkylation sites (N-methyl/N-ethyl adjacent to an activating group) is 1. The van der Waals surface area contributed by atoms with E-state index in [0.717, 1.165) is 41.8 Å². The summed E-state index contributed by atoms with van der Waals surface area (Å²) < 4.78 is 11.2. The predicted octanol–water partition coefficient (Wildman–Crippen LogP) is 6.44. The van der Waals surface area contributed by atoms with Crippen LogP contribution in [0.2, 0.25) is 5.02 Å². The fourth-order valence-corrected chi connectivity index (χ4v) is 4.42. The van der Waals surface area contributed by atoms with E-state index in [1.54, 1.807) is 5.06 Å². The Morgan fingerprint density at radius 3 is 2.30 bits per heavy atom. The number of nitrogens with zero attached hydrogens (tertiary/aromatic N) is 3. The topological polar surface area (TPSA) is 64.1 Å². The summed E-state index contributed by atoms with van der Waals surface area (Å²) in [5, 5.41) is 2.40. The number of carbonyl (C=O) groups is 1. The fourth-order valence-electron chi connectivity index (χ4n) is 4.29. The quantitative estimate of drug-likeness (QED) is 0.243. The second-order valence-electron chi connectivity index (χ2n) is 10.8. The first-order valence-electron chi connectivity index (χ1n) is 13.5. The Kier molecular flexibility index (Phi) is 10.1. The van der Waals surface area contributed by atoms with E-state index < -0.39 is 11.8 Å². The maximum atomic E-state index is 11.9. The summed E-state index contributed by atoms with van der Waals surface area (Å²) in [4.78, 5) is 24.0. The van der Waals surface area contributed by atoms with Crippen LogP contribution in [0.1, 0.15) is 44.9 Å². The van der Waals surface area contributed by atoms with E-state index in [1.165, 1.54) is 0 Å². The van der Waals surface area contributed by atoms with E-state index in [-0.39, 0.29) is 0 Å². The molecule has 0 aliphatic carbocycles. The second kappa shape index (κ2) is 13.7. The highest BCUT2D eigenvalue weighted by Gasteiger charge is 2.26. The number of benzene rings is 2. The molecule has 7 nitrogen and oxygen atoms in total. The number of ether oxygens (including phenoxy) is 2. The minimum absolute atomic E-state index is 0.411. The summed E-state index contributed by atoms with van der Waals surface area (Å²) in [7, 11) is 2.10. The first-order valence-corrected chi connectivity index (χ1v) is 13.9. The Hall–Kier alpha value is -3.57. The number of hydrogen-bond acceptors (Lipinski definition) is 7. The van der Waals surface area contributed by atoms with Gasteiger partial charge >= 0.3 is 6.16 Å². The molecule has 2 aromatic carbocycles. The molecule has 1 aromatic heterocycles. The Bertz CT molecular complexity index is 1300. The third-order valence-electron chi connectivity index (χ3n) is 6.48.